The van der Waals surface area contributed by atoms with Crippen molar-refractivity contribution in [2.75, 3.05) is 0 Å². The van der Waals surface area contributed by atoms with E-state index in [4.69, 9.17) is 9.98 Å². The topological polar surface area (TPSA) is 25.2 Å². The Balaban J connectivity index is 2.02. The fourth-order valence-electron chi connectivity index (χ4n) is 3.54. The van der Waals surface area contributed by atoms with E-state index in [1.54, 1.807) is 6.07 Å². The molecule has 0 bridgehead atoms. The van der Waals surface area contributed by atoms with Gasteiger partial charge in [0.15, 0.2) is 11.6 Å². The minimum absolute atomic E-state index is 0.363. The second kappa shape index (κ2) is 5.44. The highest BCUT2D eigenvalue weighted by molar-refractivity contribution is 6.14. The smallest absolute Gasteiger partial charge is 0.163 e. The zero-order chi connectivity index (χ0) is 18.7. The summed E-state index contributed by atoms with van der Waals surface area (Å²) in [4.78, 5) is 9.64. The molecular weight excluding hydrogens is 330 g/mol. The molecule has 132 valence electrons. The van der Waals surface area contributed by atoms with Crippen molar-refractivity contribution in [2.24, 2.45) is 4.99 Å². The number of hydrogen-bond acceptors (Lipinski definition) is 2. The maximum Gasteiger partial charge on any atom is 0.163 e. The van der Waals surface area contributed by atoms with Crippen LogP contribution in [-0.2, 0) is 5.41 Å². The molecule has 0 radical (unpaired) electrons. The number of nitrogens with zero attached hydrogens (tertiary/aromatic N) is 2. The van der Waals surface area contributed by atoms with Gasteiger partial charge in [-0.1, -0.05) is 38.1 Å². The zero-order valence-electron chi connectivity index (χ0n) is 15.3. The maximum atomic E-state index is 14.8. The third kappa shape index (κ3) is 2.28. The van der Waals surface area contributed by atoms with Gasteiger partial charge in [-0.25, -0.2) is 13.8 Å². The Kier molecular flexibility index (Phi) is 3.52. The standard InChI is InChI=1S/C22H20F2N2/c1-21(2)18-14(10-11-15(23)19(18)24)20(26-22(21,3)4)17-12-9-13-7-5-6-8-16(13)25-17/h5-12H,1-4H3. The predicted octanol–water partition coefficient (Wildman–Crippen LogP) is 5.42. The molecule has 1 aliphatic rings. The van der Waals surface area contributed by atoms with Crippen molar-refractivity contribution in [3.8, 4) is 0 Å². The molecule has 0 saturated carbocycles. The Labute approximate surface area is 151 Å². The molecule has 2 heterocycles. The third-order valence-corrected chi connectivity index (χ3v) is 5.74. The number of aromatic nitrogens is 1. The molecular formula is C22H20F2N2. The number of hydrogen-bond donors (Lipinski definition) is 0. The van der Waals surface area contributed by atoms with Gasteiger partial charge in [0, 0.05) is 21.9 Å². The number of aliphatic imine (C=N–C) groups is 1. The van der Waals surface area contributed by atoms with Gasteiger partial charge in [-0.2, -0.15) is 0 Å². The van der Waals surface area contributed by atoms with E-state index in [0.29, 0.717) is 22.5 Å². The van der Waals surface area contributed by atoms with E-state index in [0.717, 1.165) is 10.9 Å². The number of para-hydroxylation sites is 1. The SMILES string of the molecule is CC1(C)N=C(c2ccc3ccccc3n2)c2ccc(F)c(F)c2C1(C)C. The van der Waals surface area contributed by atoms with Crippen LogP contribution in [0.4, 0.5) is 8.78 Å². The Morgan fingerprint density at radius 1 is 0.846 bits per heavy atom. The summed E-state index contributed by atoms with van der Waals surface area (Å²) < 4.78 is 28.8. The quantitative estimate of drug-likeness (QED) is 0.575. The van der Waals surface area contributed by atoms with Crippen LogP contribution in [0.15, 0.2) is 53.5 Å². The molecule has 4 rings (SSSR count). The van der Waals surface area contributed by atoms with Crippen LogP contribution in [0.5, 0.6) is 0 Å². The van der Waals surface area contributed by atoms with E-state index in [2.05, 4.69) is 0 Å². The predicted molar refractivity (Wildman–Crippen MR) is 101 cm³/mol. The molecule has 1 aliphatic heterocycles. The average molecular weight is 350 g/mol. The van der Waals surface area contributed by atoms with E-state index >= 15 is 0 Å². The van der Waals surface area contributed by atoms with Gasteiger partial charge >= 0.3 is 0 Å². The van der Waals surface area contributed by atoms with Crippen LogP contribution in [0.3, 0.4) is 0 Å². The lowest BCUT2D eigenvalue weighted by Gasteiger charge is -2.44. The molecule has 0 saturated heterocycles. The Morgan fingerprint density at radius 3 is 2.35 bits per heavy atom. The maximum absolute atomic E-state index is 14.8. The minimum atomic E-state index is -0.833. The summed E-state index contributed by atoms with van der Waals surface area (Å²) in [5.74, 6) is -1.63. The van der Waals surface area contributed by atoms with Crippen LogP contribution in [-0.4, -0.2) is 16.2 Å². The number of rotatable bonds is 1. The molecule has 0 N–H and O–H groups in total. The molecule has 0 unspecified atom stereocenters. The van der Waals surface area contributed by atoms with Gasteiger partial charge < -0.3 is 0 Å². The lowest BCUT2D eigenvalue weighted by atomic mass is 9.65. The highest BCUT2D eigenvalue weighted by Gasteiger charge is 2.46. The summed E-state index contributed by atoms with van der Waals surface area (Å²) in [6.07, 6.45) is 0. The molecule has 26 heavy (non-hydrogen) atoms. The molecule has 4 heteroatoms. The van der Waals surface area contributed by atoms with Gasteiger partial charge in [-0.3, -0.25) is 4.99 Å². The molecule has 0 spiro atoms. The molecule has 0 amide bonds. The van der Waals surface area contributed by atoms with Crippen LogP contribution in [0, 0.1) is 11.6 Å². The van der Waals surface area contributed by atoms with Crippen molar-refractivity contribution in [3.63, 3.8) is 0 Å². The highest BCUT2D eigenvalue weighted by atomic mass is 19.2. The number of benzene rings is 2. The van der Waals surface area contributed by atoms with Gasteiger partial charge in [0.2, 0.25) is 0 Å². The lowest BCUT2D eigenvalue weighted by Crippen LogP contribution is -2.47. The summed E-state index contributed by atoms with van der Waals surface area (Å²) in [6.45, 7) is 7.70. The minimum Gasteiger partial charge on any atom is -0.275 e. The van der Waals surface area contributed by atoms with Crippen molar-refractivity contribution < 1.29 is 8.78 Å². The van der Waals surface area contributed by atoms with Crippen LogP contribution >= 0.6 is 0 Å². The average Bonchev–Trinajstić information content (AvgIpc) is 2.60. The van der Waals surface area contributed by atoms with Crippen molar-refractivity contribution in [1.29, 1.82) is 0 Å². The zero-order valence-corrected chi connectivity index (χ0v) is 15.3. The first-order valence-electron chi connectivity index (χ1n) is 8.67. The summed E-state index contributed by atoms with van der Waals surface area (Å²) in [5, 5.41) is 1.03. The number of fused-ring (bicyclic) bond motifs is 2. The molecule has 0 aliphatic carbocycles. The fourth-order valence-corrected chi connectivity index (χ4v) is 3.54. The molecule has 0 atom stereocenters. The summed E-state index contributed by atoms with van der Waals surface area (Å²) in [5.41, 5.74) is 1.82. The normalized spacial score (nSPS) is 17.7. The van der Waals surface area contributed by atoms with Crippen molar-refractivity contribution in [1.82, 2.24) is 4.98 Å². The second-order valence-electron chi connectivity index (χ2n) is 7.82. The number of pyridine rings is 1. The van der Waals surface area contributed by atoms with Crippen LogP contribution < -0.4 is 0 Å². The second-order valence-corrected chi connectivity index (χ2v) is 7.82. The largest absolute Gasteiger partial charge is 0.275 e. The van der Waals surface area contributed by atoms with Crippen LogP contribution in [0.1, 0.15) is 44.5 Å². The summed E-state index contributed by atoms with van der Waals surface area (Å²) in [7, 11) is 0. The molecule has 3 aromatic rings. The van der Waals surface area contributed by atoms with E-state index < -0.39 is 22.6 Å². The van der Waals surface area contributed by atoms with Crippen molar-refractivity contribution in [2.45, 2.75) is 38.6 Å². The van der Waals surface area contributed by atoms with Crippen LogP contribution in [0.2, 0.25) is 0 Å². The summed E-state index contributed by atoms with van der Waals surface area (Å²) >= 11 is 0. The van der Waals surface area contributed by atoms with Crippen molar-refractivity contribution >= 4 is 16.6 Å². The molecule has 0 fully saturated rings. The monoisotopic (exact) mass is 350 g/mol. The Bertz CT molecular complexity index is 1060. The molecule has 1 aromatic heterocycles. The first kappa shape index (κ1) is 16.8. The molecule has 2 aromatic carbocycles. The van der Waals surface area contributed by atoms with E-state index in [-0.39, 0.29) is 0 Å². The van der Waals surface area contributed by atoms with Crippen molar-refractivity contribution in [3.05, 3.63) is 77.0 Å². The van der Waals surface area contributed by atoms with Gasteiger partial charge in [-0.15, -0.1) is 0 Å². The van der Waals surface area contributed by atoms with Gasteiger partial charge in [0.1, 0.15) is 0 Å². The molecule has 2 nitrogen and oxygen atoms in total. The fraction of sp³-hybridized carbons (Fsp3) is 0.273. The van der Waals surface area contributed by atoms with E-state index in [1.165, 1.54) is 6.07 Å². The third-order valence-electron chi connectivity index (χ3n) is 5.74. The Morgan fingerprint density at radius 2 is 1.58 bits per heavy atom. The first-order chi connectivity index (χ1) is 12.2. The highest BCUT2D eigenvalue weighted by Crippen LogP contribution is 2.45. The summed E-state index contributed by atoms with van der Waals surface area (Å²) in [6, 6.07) is 14.5. The lowest BCUT2D eigenvalue weighted by molar-refractivity contribution is 0.289. The Hall–Kier alpha value is -2.62. The van der Waals surface area contributed by atoms with Gasteiger partial charge in [0.05, 0.1) is 22.5 Å². The van der Waals surface area contributed by atoms with E-state index in [9.17, 15) is 8.78 Å². The van der Waals surface area contributed by atoms with E-state index in [1.807, 2.05) is 64.1 Å². The van der Waals surface area contributed by atoms with Gasteiger partial charge in [-0.05, 0) is 38.1 Å². The first-order valence-corrected chi connectivity index (χ1v) is 8.67. The van der Waals surface area contributed by atoms with Crippen LogP contribution in [0.25, 0.3) is 10.9 Å². The number of halogens is 2. The van der Waals surface area contributed by atoms with Gasteiger partial charge in [0.25, 0.3) is 0 Å².